The predicted octanol–water partition coefficient (Wildman–Crippen LogP) is 2.07. The van der Waals surface area contributed by atoms with Crippen LogP contribution in [0.2, 0.25) is 0 Å². The fourth-order valence-corrected chi connectivity index (χ4v) is 1.34. The summed E-state index contributed by atoms with van der Waals surface area (Å²) in [5.41, 5.74) is 1.60. The highest BCUT2D eigenvalue weighted by atomic mass is 19.4. The van der Waals surface area contributed by atoms with Gasteiger partial charge in [-0.15, -0.1) is 0 Å². The molecule has 2 N–H and O–H groups in total. The standard InChI is InChI=1S/C8H6F3N3O4/c9-8(10,11)7(12)6-4(13(15)16)2-1-3-5(6)14(17)18/h1-3,7H,12H2/t7-/m1/s1. The molecular weight excluding hydrogens is 259 g/mol. The van der Waals surface area contributed by atoms with Crippen LogP contribution >= 0.6 is 0 Å². The number of rotatable bonds is 3. The van der Waals surface area contributed by atoms with Crippen molar-refractivity contribution in [2.24, 2.45) is 5.73 Å². The van der Waals surface area contributed by atoms with Gasteiger partial charge in [0, 0.05) is 12.1 Å². The van der Waals surface area contributed by atoms with E-state index in [0.29, 0.717) is 0 Å². The summed E-state index contributed by atoms with van der Waals surface area (Å²) in [6, 6.07) is -0.412. The van der Waals surface area contributed by atoms with Gasteiger partial charge in [0.25, 0.3) is 11.4 Å². The second-order valence-corrected chi connectivity index (χ2v) is 3.24. The molecule has 0 aliphatic carbocycles. The van der Waals surface area contributed by atoms with E-state index in [0.717, 1.165) is 18.2 Å². The molecule has 0 fully saturated rings. The molecule has 0 aliphatic heterocycles. The number of benzene rings is 1. The summed E-state index contributed by atoms with van der Waals surface area (Å²) in [6.45, 7) is 0. The first kappa shape index (κ1) is 13.8. The zero-order valence-electron chi connectivity index (χ0n) is 8.55. The Kier molecular flexibility index (Phi) is 3.51. The predicted molar refractivity (Wildman–Crippen MR) is 52.7 cm³/mol. The largest absolute Gasteiger partial charge is 0.408 e. The minimum atomic E-state index is -5.02. The van der Waals surface area contributed by atoms with Gasteiger partial charge in [-0.2, -0.15) is 13.2 Å². The Morgan fingerprint density at radius 3 is 1.78 bits per heavy atom. The molecular formula is C8H6F3N3O4. The van der Waals surface area contributed by atoms with Gasteiger partial charge in [0.2, 0.25) is 0 Å². The molecule has 18 heavy (non-hydrogen) atoms. The van der Waals surface area contributed by atoms with E-state index in [4.69, 9.17) is 5.73 Å². The molecule has 0 bridgehead atoms. The van der Waals surface area contributed by atoms with E-state index in [1.165, 1.54) is 0 Å². The fourth-order valence-electron chi connectivity index (χ4n) is 1.34. The second-order valence-electron chi connectivity index (χ2n) is 3.24. The molecule has 10 heteroatoms. The third-order valence-corrected chi connectivity index (χ3v) is 2.12. The third-order valence-electron chi connectivity index (χ3n) is 2.12. The summed E-state index contributed by atoms with van der Waals surface area (Å²) in [5, 5.41) is 21.2. The van der Waals surface area contributed by atoms with Crippen molar-refractivity contribution in [3.63, 3.8) is 0 Å². The molecule has 0 amide bonds. The summed E-state index contributed by atoms with van der Waals surface area (Å²) >= 11 is 0. The number of hydrogen-bond donors (Lipinski definition) is 1. The maximum Gasteiger partial charge on any atom is 0.408 e. The molecule has 1 aromatic rings. The van der Waals surface area contributed by atoms with Gasteiger partial charge in [0.05, 0.1) is 9.85 Å². The van der Waals surface area contributed by atoms with Crippen molar-refractivity contribution in [3.8, 4) is 0 Å². The molecule has 1 atom stereocenters. The Bertz CT molecular complexity index is 471. The smallest absolute Gasteiger partial charge is 0.316 e. The Morgan fingerprint density at radius 1 is 1.11 bits per heavy atom. The van der Waals surface area contributed by atoms with Crippen molar-refractivity contribution >= 4 is 11.4 Å². The number of nitrogens with two attached hydrogens (primary N) is 1. The van der Waals surface area contributed by atoms with Gasteiger partial charge in [0.1, 0.15) is 11.6 Å². The number of alkyl halides is 3. The van der Waals surface area contributed by atoms with Gasteiger partial charge in [-0.1, -0.05) is 0 Å². The lowest BCUT2D eigenvalue weighted by Gasteiger charge is -2.15. The lowest BCUT2D eigenvalue weighted by Crippen LogP contribution is -2.29. The fraction of sp³-hybridized carbons (Fsp3) is 0.250. The first-order valence-corrected chi connectivity index (χ1v) is 4.40. The van der Waals surface area contributed by atoms with E-state index in [-0.39, 0.29) is 0 Å². The van der Waals surface area contributed by atoms with E-state index >= 15 is 0 Å². The van der Waals surface area contributed by atoms with Gasteiger partial charge in [-0.05, 0) is 6.07 Å². The summed E-state index contributed by atoms with van der Waals surface area (Å²) in [6.07, 6.45) is -5.02. The molecule has 0 spiro atoms. The van der Waals surface area contributed by atoms with Crippen LogP contribution < -0.4 is 5.73 Å². The van der Waals surface area contributed by atoms with Crippen molar-refractivity contribution in [2.45, 2.75) is 12.2 Å². The zero-order valence-corrected chi connectivity index (χ0v) is 8.55. The average Bonchev–Trinajstić information content (AvgIpc) is 2.25. The van der Waals surface area contributed by atoms with Crippen LogP contribution in [0.3, 0.4) is 0 Å². The SMILES string of the molecule is N[C@H](c1c([N+](=O)[O-])cccc1[N+](=O)[O-])C(F)(F)F. The molecule has 98 valence electrons. The first-order valence-electron chi connectivity index (χ1n) is 4.40. The highest BCUT2D eigenvalue weighted by Crippen LogP contribution is 2.40. The summed E-state index contributed by atoms with van der Waals surface area (Å²) in [4.78, 5) is 18.9. The molecule has 0 saturated carbocycles. The number of halogens is 3. The molecule has 0 saturated heterocycles. The minimum absolute atomic E-state index is 0.730. The summed E-state index contributed by atoms with van der Waals surface area (Å²) in [7, 11) is 0. The van der Waals surface area contributed by atoms with Gasteiger partial charge < -0.3 is 5.73 Å². The zero-order chi connectivity index (χ0) is 14.1. The molecule has 0 aromatic heterocycles. The molecule has 1 rings (SSSR count). The normalized spacial score (nSPS) is 13.1. The molecule has 0 radical (unpaired) electrons. The van der Waals surface area contributed by atoms with Crippen LogP contribution in [-0.4, -0.2) is 16.0 Å². The topological polar surface area (TPSA) is 112 Å². The first-order chi connectivity index (χ1) is 8.16. The third kappa shape index (κ3) is 2.53. The number of nitro benzene ring substituents is 2. The van der Waals surface area contributed by atoms with Crippen molar-refractivity contribution < 1.29 is 23.0 Å². The van der Waals surface area contributed by atoms with Crippen LogP contribution in [0.15, 0.2) is 18.2 Å². The number of nitro groups is 2. The van der Waals surface area contributed by atoms with Gasteiger partial charge in [-0.3, -0.25) is 20.2 Å². The van der Waals surface area contributed by atoms with Crippen molar-refractivity contribution in [2.75, 3.05) is 0 Å². The van der Waals surface area contributed by atoms with Crippen LogP contribution in [0.1, 0.15) is 11.6 Å². The highest BCUT2D eigenvalue weighted by molar-refractivity contribution is 5.55. The number of nitrogens with zero attached hydrogens (tertiary/aromatic N) is 2. The Hall–Kier alpha value is -2.23. The van der Waals surface area contributed by atoms with Crippen LogP contribution in [0.5, 0.6) is 0 Å². The quantitative estimate of drug-likeness (QED) is 0.663. The van der Waals surface area contributed by atoms with Crippen molar-refractivity contribution in [3.05, 3.63) is 44.0 Å². The Morgan fingerprint density at radius 2 is 1.50 bits per heavy atom. The Labute approximate surface area is 97.3 Å². The van der Waals surface area contributed by atoms with Gasteiger partial charge >= 0.3 is 6.18 Å². The van der Waals surface area contributed by atoms with Crippen LogP contribution in [-0.2, 0) is 0 Å². The molecule has 0 heterocycles. The van der Waals surface area contributed by atoms with E-state index in [9.17, 15) is 33.4 Å². The Balaban J connectivity index is 3.55. The lowest BCUT2D eigenvalue weighted by atomic mass is 10.0. The highest BCUT2D eigenvalue weighted by Gasteiger charge is 2.45. The monoisotopic (exact) mass is 265 g/mol. The second kappa shape index (κ2) is 4.56. The van der Waals surface area contributed by atoms with Crippen LogP contribution in [0.4, 0.5) is 24.5 Å². The minimum Gasteiger partial charge on any atom is -0.316 e. The maximum absolute atomic E-state index is 12.5. The van der Waals surface area contributed by atoms with E-state index in [1.807, 2.05) is 0 Å². The van der Waals surface area contributed by atoms with Gasteiger partial charge in [-0.25, -0.2) is 0 Å². The summed E-state index contributed by atoms with van der Waals surface area (Å²) in [5.74, 6) is 0. The molecule has 0 aliphatic rings. The summed E-state index contributed by atoms with van der Waals surface area (Å²) < 4.78 is 37.4. The number of hydrogen-bond acceptors (Lipinski definition) is 5. The lowest BCUT2D eigenvalue weighted by molar-refractivity contribution is -0.396. The maximum atomic E-state index is 12.5. The molecule has 0 unspecified atom stereocenters. The van der Waals surface area contributed by atoms with Crippen LogP contribution in [0, 0.1) is 20.2 Å². The van der Waals surface area contributed by atoms with Gasteiger partial charge in [0.15, 0.2) is 0 Å². The van der Waals surface area contributed by atoms with E-state index in [2.05, 4.69) is 0 Å². The molecule has 1 aromatic carbocycles. The van der Waals surface area contributed by atoms with Crippen LogP contribution in [0.25, 0.3) is 0 Å². The molecule has 7 nitrogen and oxygen atoms in total. The van der Waals surface area contributed by atoms with Crippen molar-refractivity contribution in [1.29, 1.82) is 0 Å². The van der Waals surface area contributed by atoms with E-state index < -0.39 is 39.0 Å². The average molecular weight is 265 g/mol. The van der Waals surface area contributed by atoms with E-state index in [1.54, 1.807) is 0 Å². The van der Waals surface area contributed by atoms with Crippen molar-refractivity contribution in [1.82, 2.24) is 0 Å².